The number of carbonyl (C=O) groups excluding carboxylic acids is 1. The summed E-state index contributed by atoms with van der Waals surface area (Å²) in [5, 5.41) is 9.82. The van der Waals surface area contributed by atoms with Crippen molar-refractivity contribution >= 4 is 28.1 Å². The quantitative estimate of drug-likeness (QED) is 0.766. The number of nitrogens with two attached hydrogens (primary N) is 1. The maximum Gasteiger partial charge on any atom is 0.238 e. The molecule has 6 heteroatoms. The molecule has 0 saturated heterocycles. The average Bonchev–Trinajstić information content (AvgIpc) is 2.79. The molecule has 0 aromatic carbocycles. The van der Waals surface area contributed by atoms with Crippen LogP contribution in [0.1, 0.15) is 22.4 Å². The number of rotatable bonds is 0. The Hall–Kier alpha value is -2.13. The number of hydrogen-bond donors (Lipinski definition) is 1. The molecule has 0 aliphatic carbocycles. The van der Waals surface area contributed by atoms with Crippen LogP contribution in [0.25, 0.3) is 0 Å². The lowest BCUT2D eigenvalue weighted by Gasteiger charge is -2.22. The third-order valence-corrected chi connectivity index (χ3v) is 4.44. The molecule has 1 aromatic rings. The van der Waals surface area contributed by atoms with E-state index in [-0.39, 0.29) is 12.3 Å². The summed E-state index contributed by atoms with van der Waals surface area (Å²) in [4.78, 5) is 18.9. The second kappa shape index (κ2) is 3.43. The number of amides is 1. The number of amidine groups is 1. The molecular formula is C12H10N4OS. The number of anilines is 1. The van der Waals surface area contributed by atoms with Crippen molar-refractivity contribution in [1.29, 1.82) is 5.26 Å². The van der Waals surface area contributed by atoms with Gasteiger partial charge in [0.1, 0.15) is 10.8 Å². The van der Waals surface area contributed by atoms with Crippen molar-refractivity contribution in [3.63, 3.8) is 0 Å². The molecule has 0 bridgehead atoms. The molecule has 0 saturated carbocycles. The minimum atomic E-state index is -0.111. The lowest BCUT2D eigenvalue weighted by Crippen LogP contribution is -2.31. The zero-order chi connectivity index (χ0) is 13.0. The van der Waals surface area contributed by atoms with E-state index < -0.39 is 0 Å². The first-order chi connectivity index (χ1) is 8.54. The molecule has 1 aromatic heterocycles. The number of aliphatic imine (C=N–C) groups is 1. The highest BCUT2D eigenvalue weighted by Crippen LogP contribution is 2.43. The predicted octanol–water partition coefficient (Wildman–Crippen LogP) is 1.56. The highest BCUT2D eigenvalue weighted by Gasteiger charge is 2.38. The summed E-state index contributed by atoms with van der Waals surface area (Å²) in [6.07, 6.45) is 0.109. The fourth-order valence-corrected chi connectivity index (χ4v) is 3.40. The monoisotopic (exact) mass is 258 g/mol. The maximum absolute atomic E-state index is 12.0. The van der Waals surface area contributed by atoms with Crippen LogP contribution in [0, 0.1) is 25.2 Å². The fraction of sp³-hybridized carbons (Fsp3) is 0.250. The molecular weight excluding hydrogens is 248 g/mol. The lowest BCUT2D eigenvalue weighted by molar-refractivity contribution is -0.116. The number of thiophene rings is 1. The minimum absolute atomic E-state index is 0.109. The summed E-state index contributed by atoms with van der Waals surface area (Å²) in [7, 11) is 0. The molecule has 2 N–H and O–H groups in total. The normalized spacial score (nSPS) is 17.5. The summed E-state index contributed by atoms with van der Waals surface area (Å²) in [6, 6.07) is 2.03. The molecule has 1 amide bonds. The van der Waals surface area contributed by atoms with E-state index in [2.05, 4.69) is 4.99 Å². The van der Waals surface area contributed by atoms with E-state index in [9.17, 15) is 4.79 Å². The van der Waals surface area contributed by atoms with Gasteiger partial charge in [-0.15, -0.1) is 11.3 Å². The first-order valence-electron chi connectivity index (χ1n) is 5.45. The largest absolute Gasteiger partial charge is 0.383 e. The van der Waals surface area contributed by atoms with E-state index in [1.807, 2.05) is 19.9 Å². The Morgan fingerprint density at radius 2 is 2.22 bits per heavy atom. The molecule has 0 radical (unpaired) electrons. The maximum atomic E-state index is 12.0. The average molecular weight is 258 g/mol. The van der Waals surface area contributed by atoms with Crippen LogP contribution in [0.2, 0.25) is 0 Å². The van der Waals surface area contributed by atoms with Crippen molar-refractivity contribution in [3.8, 4) is 6.07 Å². The van der Waals surface area contributed by atoms with E-state index in [0.29, 0.717) is 17.2 Å². The van der Waals surface area contributed by atoms with Crippen LogP contribution in [-0.2, 0) is 4.79 Å². The second-order valence-electron chi connectivity index (χ2n) is 4.28. The van der Waals surface area contributed by atoms with Crippen LogP contribution in [-0.4, -0.2) is 11.7 Å². The van der Waals surface area contributed by atoms with Crippen molar-refractivity contribution in [2.75, 3.05) is 4.90 Å². The van der Waals surface area contributed by atoms with Crippen molar-refractivity contribution in [2.24, 2.45) is 10.7 Å². The molecule has 2 aliphatic heterocycles. The zero-order valence-corrected chi connectivity index (χ0v) is 10.8. The number of fused-ring (bicyclic) bond motifs is 3. The van der Waals surface area contributed by atoms with Gasteiger partial charge in [-0.05, 0) is 19.4 Å². The van der Waals surface area contributed by atoms with Crippen LogP contribution < -0.4 is 10.6 Å². The van der Waals surface area contributed by atoms with Gasteiger partial charge in [0.2, 0.25) is 5.91 Å². The van der Waals surface area contributed by atoms with Crippen LogP contribution in [0.15, 0.2) is 16.4 Å². The summed E-state index contributed by atoms with van der Waals surface area (Å²) in [5.74, 6) is 0.676. The van der Waals surface area contributed by atoms with Gasteiger partial charge in [-0.2, -0.15) is 5.26 Å². The zero-order valence-electron chi connectivity index (χ0n) is 9.94. The van der Waals surface area contributed by atoms with Crippen LogP contribution in [0.4, 0.5) is 5.00 Å². The number of nitriles is 1. The molecule has 0 spiro atoms. The number of aryl methyl sites for hydroxylation is 1. The second-order valence-corrected chi connectivity index (χ2v) is 5.48. The number of hydrogen-bond acceptors (Lipinski definition) is 5. The van der Waals surface area contributed by atoms with Gasteiger partial charge in [0.25, 0.3) is 0 Å². The summed E-state index contributed by atoms with van der Waals surface area (Å²) >= 11 is 1.51. The molecule has 3 rings (SSSR count). The SMILES string of the molecule is Cc1sc2c(c1C)C(N)=NC1=C(C#N)CC(=O)N12. The van der Waals surface area contributed by atoms with E-state index in [0.717, 1.165) is 21.0 Å². The minimum Gasteiger partial charge on any atom is -0.383 e. The molecule has 5 nitrogen and oxygen atoms in total. The van der Waals surface area contributed by atoms with Gasteiger partial charge in [-0.25, -0.2) is 4.99 Å². The summed E-state index contributed by atoms with van der Waals surface area (Å²) < 4.78 is 0. The highest BCUT2D eigenvalue weighted by molar-refractivity contribution is 7.17. The molecule has 3 heterocycles. The van der Waals surface area contributed by atoms with Crippen LogP contribution >= 0.6 is 11.3 Å². The predicted molar refractivity (Wildman–Crippen MR) is 69.3 cm³/mol. The summed E-state index contributed by atoms with van der Waals surface area (Å²) in [5.41, 5.74) is 8.22. The Kier molecular flexibility index (Phi) is 2.10. The fourth-order valence-electron chi connectivity index (χ4n) is 2.22. The molecule has 0 fully saturated rings. The lowest BCUT2D eigenvalue weighted by atomic mass is 10.1. The first kappa shape index (κ1) is 11.0. The standard InChI is InChI=1S/C12H10N4OS/c1-5-6(2)18-12-9(5)10(14)15-11-7(4-13)3-8(17)16(11)12/h3H2,1-2H3,(H2,14,15). The Balaban J connectivity index is 2.32. The van der Waals surface area contributed by atoms with Gasteiger partial charge < -0.3 is 5.73 Å². The molecule has 0 atom stereocenters. The van der Waals surface area contributed by atoms with Crippen LogP contribution in [0.5, 0.6) is 0 Å². The van der Waals surface area contributed by atoms with Crippen molar-refractivity contribution in [1.82, 2.24) is 0 Å². The summed E-state index contributed by atoms with van der Waals surface area (Å²) in [6.45, 7) is 3.95. The topological polar surface area (TPSA) is 82.5 Å². The highest BCUT2D eigenvalue weighted by atomic mass is 32.1. The Labute approximate surface area is 108 Å². The van der Waals surface area contributed by atoms with E-state index in [1.54, 1.807) is 0 Å². The number of nitrogens with zero attached hydrogens (tertiary/aromatic N) is 3. The number of carbonyl (C=O) groups is 1. The third kappa shape index (κ3) is 1.19. The van der Waals surface area contributed by atoms with Gasteiger partial charge in [-0.1, -0.05) is 0 Å². The first-order valence-corrected chi connectivity index (χ1v) is 6.27. The van der Waals surface area contributed by atoms with Gasteiger partial charge in [0.05, 0.1) is 23.6 Å². The third-order valence-electron chi connectivity index (χ3n) is 3.25. The van der Waals surface area contributed by atoms with Crippen molar-refractivity contribution in [3.05, 3.63) is 27.4 Å². The Morgan fingerprint density at radius 3 is 2.89 bits per heavy atom. The van der Waals surface area contributed by atoms with Gasteiger partial charge in [0, 0.05) is 4.88 Å². The molecule has 0 unspecified atom stereocenters. The van der Waals surface area contributed by atoms with Gasteiger partial charge in [-0.3, -0.25) is 9.69 Å². The Bertz CT molecular complexity index is 690. The molecule has 2 aliphatic rings. The van der Waals surface area contributed by atoms with Crippen molar-refractivity contribution in [2.45, 2.75) is 20.3 Å². The van der Waals surface area contributed by atoms with Crippen molar-refractivity contribution < 1.29 is 4.79 Å². The molecule has 90 valence electrons. The Morgan fingerprint density at radius 1 is 1.50 bits per heavy atom. The molecule has 18 heavy (non-hydrogen) atoms. The van der Waals surface area contributed by atoms with E-state index >= 15 is 0 Å². The smallest absolute Gasteiger partial charge is 0.238 e. The van der Waals surface area contributed by atoms with E-state index in [1.165, 1.54) is 16.2 Å². The van der Waals surface area contributed by atoms with Gasteiger partial charge in [0.15, 0.2) is 5.82 Å². The van der Waals surface area contributed by atoms with Gasteiger partial charge >= 0.3 is 0 Å². The van der Waals surface area contributed by atoms with Crippen LogP contribution in [0.3, 0.4) is 0 Å². The van der Waals surface area contributed by atoms with E-state index in [4.69, 9.17) is 11.0 Å².